The second-order valence-corrected chi connectivity index (χ2v) is 8.72. The third-order valence-electron chi connectivity index (χ3n) is 6.88. The summed E-state index contributed by atoms with van der Waals surface area (Å²) < 4.78 is 33.8. The SMILES string of the molecule is CCC(CCC(C)C)C1CCC(C2CCC(OC)C(F)C2F)CC1. The van der Waals surface area contributed by atoms with E-state index in [0.29, 0.717) is 12.3 Å². The van der Waals surface area contributed by atoms with Gasteiger partial charge in [0, 0.05) is 7.11 Å². The van der Waals surface area contributed by atoms with Gasteiger partial charge < -0.3 is 4.74 Å². The van der Waals surface area contributed by atoms with Gasteiger partial charge in [0.1, 0.15) is 6.17 Å². The molecule has 2 rings (SSSR count). The summed E-state index contributed by atoms with van der Waals surface area (Å²) in [5.41, 5.74) is 0. The summed E-state index contributed by atoms with van der Waals surface area (Å²) >= 11 is 0. The highest BCUT2D eigenvalue weighted by atomic mass is 19.2. The summed E-state index contributed by atoms with van der Waals surface area (Å²) in [6.45, 7) is 6.91. The molecule has 0 heterocycles. The minimum atomic E-state index is -1.43. The zero-order chi connectivity index (χ0) is 17.7. The van der Waals surface area contributed by atoms with Crippen LogP contribution in [0.15, 0.2) is 0 Å². The molecule has 142 valence electrons. The zero-order valence-electron chi connectivity index (χ0n) is 16.1. The van der Waals surface area contributed by atoms with E-state index in [4.69, 9.17) is 4.74 Å². The summed E-state index contributed by atoms with van der Waals surface area (Å²) in [5, 5.41) is 0. The maximum atomic E-state index is 14.5. The van der Waals surface area contributed by atoms with Gasteiger partial charge in [-0.15, -0.1) is 0 Å². The fourth-order valence-electron chi connectivity index (χ4n) is 5.23. The monoisotopic (exact) mass is 344 g/mol. The average molecular weight is 345 g/mol. The van der Waals surface area contributed by atoms with E-state index < -0.39 is 18.4 Å². The molecular formula is C21H38F2O. The van der Waals surface area contributed by atoms with Crippen LogP contribution in [0.3, 0.4) is 0 Å². The molecular weight excluding hydrogens is 306 g/mol. The van der Waals surface area contributed by atoms with Crippen LogP contribution in [0.2, 0.25) is 0 Å². The van der Waals surface area contributed by atoms with Crippen LogP contribution in [0.5, 0.6) is 0 Å². The predicted molar refractivity (Wildman–Crippen MR) is 96.6 cm³/mol. The highest BCUT2D eigenvalue weighted by Crippen LogP contribution is 2.45. The molecule has 2 aliphatic rings. The minimum Gasteiger partial charge on any atom is -0.378 e. The van der Waals surface area contributed by atoms with Crippen LogP contribution in [0.4, 0.5) is 8.78 Å². The topological polar surface area (TPSA) is 9.23 Å². The van der Waals surface area contributed by atoms with E-state index in [1.54, 1.807) is 0 Å². The van der Waals surface area contributed by atoms with E-state index in [-0.39, 0.29) is 5.92 Å². The van der Waals surface area contributed by atoms with E-state index in [2.05, 4.69) is 20.8 Å². The number of methoxy groups -OCH3 is 1. The van der Waals surface area contributed by atoms with Crippen LogP contribution < -0.4 is 0 Å². The molecule has 1 nitrogen and oxygen atoms in total. The van der Waals surface area contributed by atoms with Gasteiger partial charge in [-0.1, -0.05) is 33.6 Å². The number of ether oxygens (including phenoxy) is 1. The molecule has 0 radical (unpaired) electrons. The normalized spacial score (nSPS) is 39.1. The molecule has 3 heteroatoms. The molecule has 2 saturated carbocycles. The fraction of sp³-hybridized carbons (Fsp3) is 1.00. The van der Waals surface area contributed by atoms with Crippen molar-refractivity contribution in [1.29, 1.82) is 0 Å². The van der Waals surface area contributed by atoms with Crippen molar-refractivity contribution in [2.75, 3.05) is 7.11 Å². The van der Waals surface area contributed by atoms with Crippen LogP contribution in [0, 0.1) is 29.6 Å². The molecule has 0 amide bonds. The van der Waals surface area contributed by atoms with Gasteiger partial charge in [0.15, 0.2) is 6.17 Å². The van der Waals surface area contributed by atoms with Crippen molar-refractivity contribution >= 4 is 0 Å². The van der Waals surface area contributed by atoms with Gasteiger partial charge in [-0.2, -0.15) is 0 Å². The molecule has 0 saturated heterocycles. The van der Waals surface area contributed by atoms with Crippen molar-refractivity contribution in [1.82, 2.24) is 0 Å². The van der Waals surface area contributed by atoms with Gasteiger partial charge in [0.05, 0.1) is 6.10 Å². The average Bonchev–Trinajstić information content (AvgIpc) is 2.58. The first-order chi connectivity index (χ1) is 11.5. The third kappa shape index (κ3) is 4.93. The standard InChI is InChI=1S/C21H38F2O/c1-5-15(7-6-14(2)3)16-8-10-17(11-9-16)18-12-13-19(24-4)21(23)20(18)22/h14-21H,5-13H2,1-4H3. The summed E-state index contributed by atoms with van der Waals surface area (Å²) in [6.07, 6.45) is 6.72. The molecule has 0 bridgehead atoms. The maximum absolute atomic E-state index is 14.5. The molecule has 0 aromatic carbocycles. The first-order valence-corrected chi connectivity index (χ1v) is 10.3. The molecule has 0 N–H and O–H groups in total. The van der Waals surface area contributed by atoms with Gasteiger partial charge in [-0.3, -0.25) is 0 Å². The lowest BCUT2D eigenvalue weighted by Crippen LogP contribution is -2.45. The molecule has 2 aliphatic carbocycles. The number of alkyl halides is 2. The molecule has 2 fully saturated rings. The summed E-state index contributed by atoms with van der Waals surface area (Å²) in [6, 6.07) is 0. The van der Waals surface area contributed by atoms with Crippen LogP contribution in [-0.2, 0) is 4.74 Å². The van der Waals surface area contributed by atoms with Crippen molar-refractivity contribution in [2.24, 2.45) is 29.6 Å². The Morgan fingerprint density at radius 1 is 0.917 bits per heavy atom. The van der Waals surface area contributed by atoms with E-state index in [1.807, 2.05) is 0 Å². The quantitative estimate of drug-likeness (QED) is 0.522. The second-order valence-electron chi connectivity index (χ2n) is 8.72. The lowest BCUT2D eigenvalue weighted by atomic mass is 9.66. The molecule has 0 aromatic heterocycles. The molecule has 5 atom stereocenters. The van der Waals surface area contributed by atoms with Crippen LogP contribution in [0.25, 0.3) is 0 Å². The van der Waals surface area contributed by atoms with Crippen molar-refractivity contribution in [3.8, 4) is 0 Å². The number of halogens is 2. The van der Waals surface area contributed by atoms with Crippen LogP contribution in [0.1, 0.15) is 78.6 Å². The van der Waals surface area contributed by atoms with E-state index in [0.717, 1.165) is 37.0 Å². The Hall–Kier alpha value is -0.180. The van der Waals surface area contributed by atoms with E-state index in [1.165, 1.54) is 39.2 Å². The van der Waals surface area contributed by atoms with Gasteiger partial charge >= 0.3 is 0 Å². The van der Waals surface area contributed by atoms with Gasteiger partial charge in [0.2, 0.25) is 0 Å². The molecule has 0 spiro atoms. The highest BCUT2D eigenvalue weighted by molar-refractivity contribution is 4.93. The third-order valence-corrected chi connectivity index (χ3v) is 6.88. The van der Waals surface area contributed by atoms with Gasteiger partial charge in [-0.25, -0.2) is 8.78 Å². The predicted octanol–water partition coefficient (Wildman–Crippen LogP) is 6.36. The highest BCUT2D eigenvalue weighted by Gasteiger charge is 2.44. The van der Waals surface area contributed by atoms with Crippen molar-refractivity contribution in [2.45, 2.75) is 97.0 Å². The van der Waals surface area contributed by atoms with Crippen molar-refractivity contribution in [3.63, 3.8) is 0 Å². The van der Waals surface area contributed by atoms with E-state index >= 15 is 0 Å². The Morgan fingerprint density at radius 3 is 2.12 bits per heavy atom. The minimum absolute atomic E-state index is 0.0805. The van der Waals surface area contributed by atoms with Gasteiger partial charge in [-0.05, 0) is 74.5 Å². The Kier molecular flexibility index (Phi) is 7.97. The molecule has 0 aromatic rings. The number of rotatable bonds is 7. The van der Waals surface area contributed by atoms with Crippen LogP contribution in [-0.4, -0.2) is 25.6 Å². The first-order valence-electron chi connectivity index (χ1n) is 10.3. The molecule has 24 heavy (non-hydrogen) atoms. The molecule has 5 unspecified atom stereocenters. The Bertz CT molecular complexity index is 352. The summed E-state index contributed by atoms with van der Waals surface area (Å²) in [4.78, 5) is 0. The lowest BCUT2D eigenvalue weighted by molar-refractivity contribution is -0.0727. The summed E-state index contributed by atoms with van der Waals surface area (Å²) in [5.74, 6) is 2.71. The largest absolute Gasteiger partial charge is 0.378 e. The molecule has 0 aliphatic heterocycles. The Morgan fingerprint density at radius 2 is 1.58 bits per heavy atom. The van der Waals surface area contributed by atoms with Crippen molar-refractivity contribution < 1.29 is 13.5 Å². The smallest absolute Gasteiger partial charge is 0.157 e. The Labute approximate surface area is 147 Å². The Balaban J connectivity index is 1.83. The van der Waals surface area contributed by atoms with Crippen molar-refractivity contribution in [3.05, 3.63) is 0 Å². The second kappa shape index (κ2) is 9.50. The maximum Gasteiger partial charge on any atom is 0.157 e. The first kappa shape index (κ1) is 20.1. The number of hydrogen-bond donors (Lipinski definition) is 0. The van der Waals surface area contributed by atoms with E-state index in [9.17, 15) is 8.78 Å². The lowest BCUT2D eigenvalue weighted by Gasteiger charge is -2.42. The van der Waals surface area contributed by atoms with Gasteiger partial charge in [0.25, 0.3) is 0 Å². The summed E-state index contributed by atoms with van der Waals surface area (Å²) in [7, 11) is 1.50. The van der Waals surface area contributed by atoms with Crippen LogP contribution >= 0.6 is 0 Å². The number of hydrogen-bond acceptors (Lipinski definition) is 1. The fourth-order valence-corrected chi connectivity index (χ4v) is 5.23. The zero-order valence-corrected chi connectivity index (χ0v) is 16.1.